The van der Waals surface area contributed by atoms with Crippen LogP contribution in [0.2, 0.25) is 5.02 Å². The standard InChI is InChI=1S/C23H23ClF6N2O2S/c1-12-10-13(18(22(25,26)27)23(28,29)30)8-9-16(12)31-19(33)14-6-5-7-15(24)17(14)20(34)32-21(2,3)11-35-4/h5-10,18H,11H2,1-4H3,(H,31,33)(H,32,34). The van der Waals surface area contributed by atoms with E-state index < -0.39 is 41.2 Å². The highest BCUT2D eigenvalue weighted by Gasteiger charge is 2.57. The molecule has 0 aliphatic carbocycles. The molecule has 2 N–H and O–H groups in total. The number of benzene rings is 2. The molecule has 2 aromatic carbocycles. The van der Waals surface area contributed by atoms with Crippen LogP contribution in [0, 0.1) is 6.92 Å². The van der Waals surface area contributed by atoms with Crippen molar-refractivity contribution in [2.75, 3.05) is 17.3 Å². The van der Waals surface area contributed by atoms with Gasteiger partial charge >= 0.3 is 12.4 Å². The molecule has 4 nitrogen and oxygen atoms in total. The minimum Gasteiger partial charge on any atom is -0.346 e. The molecule has 0 saturated carbocycles. The summed E-state index contributed by atoms with van der Waals surface area (Å²) in [4.78, 5) is 25.9. The van der Waals surface area contributed by atoms with Crippen molar-refractivity contribution in [2.24, 2.45) is 0 Å². The lowest BCUT2D eigenvalue weighted by Gasteiger charge is -2.26. The molecule has 0 radical (unpaired) electrons. The van der Waals surface area contributed by atoms with Crippen molar-refractivity contribution < 1.29 is 35.9 Å². The summed E-state index contributed by atoms with van der Waals surface area (Å²) in [5.41, 5.74) is -1.88. The maximum atomic E-state index is 13.0. The largest absolute Gasteiger partial charge is 0.404 e. The van der Waals surface area contributed by atoms with Gasteiger partial charge in [0.15, 0.2) is 5.92 Å². The third kappa shape index (κ3) is 7.30. The van der Waals surface area contributed by atoms with E-state index in [1.54, 1.807) is 13.8 Å². The fraction of sp³-hybridized carbons (Fsp3) is 0.391. The van der Waals surface area contributed by atoms with Crippen LogP contribution in [0.4, 0.5) is 32.0 Å². The zero-order valence-electron chi connectivity index (χ0n) is 19.1. The summed E-state index contributed by atoms with van der Waals surface area (Å²) < 4.78 is 78.3. The van der Waals surface area contributed by atoms with Crippen LogP contribution >= 0.6 is 23.4 Å². The summed E-state index contributed by atoms with van der Waals surface area (Å²) >= 11 is 7.69. The van der Waals surface area contributed by atoms with Gasteiger partial charge in [-0.1, -0.05) is 29.8 Å². The Balaban J connectivity index is 2.38. The number of aryl methyl sites for hydroxylation is 1. The molecule has 0 heterocycles. The predicted octanol–water partition coefficient (Wildman–Crippen LogP) is 6.98. The van der Waals surface area contributed by atoms with Crippen molar-refractivity contribution in [2.45, 2.75) is 44.6 Å². The number of anilines is 1. The van der Waals surface area contributed by atoms with E-state index >= 15 is 0 Å². The van der Waals surface area contributed by atoms with Gasteiger partial charge in [0.2, 0.25) is 0 Å². The van der Waals surface area contributed by atoms with Crippen molar-refractivity contribution >= 4 is 40.9 Å². The minimum absolute atomic E-state index is 0.000340. The Labute approximate surface area is 207 Å². The Morgan fingerprint density at radius 2 is 1.60 bits per heavy atom. The number of hydrogen-bond donors (Lipinski definition) is 2. The van der Waals surface area contributed by atoms with Crippen LogP contribution in [-0.2, 0) is 0 Å². The Hall–Kier alpha value is -2.40. The number of thioether (sulfide) groups is 1. The van der Waals surface area contributed by atoms with Crippen LogP contribution in [-0.4, -0.2) is 41.7 Å². The molecular formula is C23H23ClF6N2O2S. The molecule has 0 fully saturated rings. The Kier molecular flexibility index (Phi) is 8.81. The number of amides is 2. The van der Waals surface area contributed by atoms with E-state index in [-0.39, 0.29) is 27.4 Å². The molecule has 0 bridgehead atoms. The highest BCUT2D eigenvalue weighted by Crippen LogP contribution is 2.46. The van der Waals surface area contributed by atoms with E-state index in [0.29, 0.717) is 11.8 Å². The first-order valence-corrected chi connectivity index (χ1v) is 11.9. The van der Waals surface area contributed by atoms with Crippen molar-refractivity contribution in [1.82, 2.24) is 5.32 Å². The smallest absolute Gasteiger partial charge is 0.346 e. The van der Waals surface area contributed by atoms with E-state index in [4.69, 9.17) is 11.6 Å². The number of nitrogens with one attached hydrogen (secondary N) is 2. The van der Waals surface area contributed by atoms with Crippen LogP contribution < -0.4 is 10.6 Å². The number of carbonyl (C=O) groups is 2. The first kappa shape index (κ1) is 28.8. The van der Waals surface area contributed by atoms with Crippen LogP contribution in [0.5, 0.6) is 0 Å². The Bertz CT molecular complexity index is 1090. The molecule has 0 aromatic heterocycles. The highest BCUT2D eigenvalue weighted by molar-refractivity contribution is 7.98. The zero-order chi connectivity index (χ0) is 26.8. The van der Waals surface area contributed by atoms with E-state index in [1.165, 1.54) is 36.9 Å². The van der Waals surface area contributed by atoms with Gasteiger partial charge in [0, 0.05) is 17.0 Å². The average molecular weight is 541 g/mol. The molecule has 0 unspecified atom stereocenters. The highest BCUT2D eigenvalue weighted by atomic mass is 35.5. The summed E-state index contributed by atoms with van der Waals surface area (Å²) in [6.45, 7) is 4.84. The number of carbonyl (C=O) groups excluding carboxylic acids is 2. The zero-order valence-corrected chi connectivity index (χ0v) is 20.7. The maximum Gasteiger partial charge on any atom is 0.404 e. The van der Waals surface area contributed by atoms with Gasteiger partial charge in [-0.25, -0.2) is 0 Å². The number of alkyl halides is 6. The van der Waals surface area contributed by atoms with Gasteiger partial charge < -0.3 is 10.6 Å². The van der Waals surface area contributed by atoms with Gasteiger partial charge in [-0.05, 0) is 56.4 Å². The topological polar surface area (TPSA) is 58.2 Å². The summed E-state index contributed by atoms with van der Waals surface area (Å²) in [7, 11) is 0. The van der Waals surface area contributed by atoms with Gasteiger partial charge in [-0.2, -0.15) is 38.1 Å². The monoisotopic (exact) mass is 540 g/mol. The van der Waals surface area contributed by atoms with Gasteiger partial charge in [0.05, 0.1) is 16.1 Å². The fourth-order valence-corrected chi connectivity index (χ4v) is 4.52. The number of hydrogen-bond acceptors (Lipinski definition) is 3. The van der Waals surface area contributed by atoms with Crippen molar-refractivity contribution in [3.05, 3.63) is 63.7 Å². The van der Waals surface area contributed by atoms with E-state index in [1.807, 2.05) is 6.26 Å². The normalized spacial score (nSPS) is 12.6. The summed E-state index contributed by atoms with van der Waals surface area (Å²) in [5.74, 6) is -4.50. The Morgan fingerprint density at radius 3 is 2.11 bits per heavy atom. The second kappa shape index (κ2) is 10.7. The summed E-state index contributed by atoms with van der Waals surface area (Å²) in [6.07, 6.45) is -9.22. The molecule has 0 atom stereocenters. The average Bonchev–Trinajstić information content (AvgIpc) is 2.66. The van der Waals surface area contributed by atoms with Crippen molar-refractivity contribution in [3.63, 3.8) is 0 Å². The van der Waals surface area contributed by atoms with E-state index in [9.17, 15) is 35.9 Å². The van der Waals surface area contributed by atoms with Gasteiger partial charge in [0.1, 0.15) is 0 Å². The van der Waals surface area contributed by atoms with Crippen LogP contribution in [0.25, 0.3) is 0 Å². The quantitative estimate of drug-likeness (QED) is 0.372. The lowest BCUT2D eigenvalue weighted by Crippen LogP contribution is -2.46. The molecular weight excluding hydrogens is 518 g/mol. The van der Waals surface area contributed by atoms with Crippen LogP contribution in [0.3, 0.4) is 0 Å². The van der Waals surface area contributed by atoms with Gasteiger partial charge in [-0.15, -0.1) is 0 Å². The third-order valence-corrected chi connectivity index (χ3v) is 6.25. The Morgan fingerprint density at radius 1 is 1.00 bits per heavy atom. The van der Waals surface area contributed by atoms with Crippen molar-refractivity contribution in [3.8, 4) is 0 Å². The molecule has 2 amide bonds. The number of rotatable bonds is 7. The second-order valence-electron chi connectivity index (χ2n) is 8.48. The van der Waals surface area contributed by atoms with Gasteiger partial charge in [-0.3, -0.25) is 9.59 Å². The van der Waals surface area contributed by atoms with Crippen molar-refractivity contribution in [1.29, 1.82) is 0 Å². The molecule has 0 aliphatic rings. The molecule has 0 saturated heterocycles. The maximum absolute atomic E-state index is 13.0. The summed E-state index contributed by atoms with van der Waals surface area (Å²) in [5, 5.41) is 5.23. The molecule has 2 aromatic rings. The molecule has 192 valence electrons. The lowest BCUT2D eigenvalue weighted by atomic mass is 9.95. The number of halogens is 7. The van der Waals surface area contributed by atoms with Crippen LogP contribution in [0.15, 0.2) is 36.4 Å². The van der Waals surface area contributed by atoms with Gasteiger partial charge in [0.25, 0.3) is 11.8 Å². The molecule has 12 heteroatoms. The fourth-order valence-electron chi connectivity index (χ4n) is 3.47. The molecule has 2 rings (SSSR count). The first-order valence-electron chi connectivity index (χ1n) is 10.1. The SMILES string of the molecule is CSCC(C)(C)NC(=O)c1c(Cl)cccc1C(=O)Nc1ccc(C(C(F)(F)F)C(F)(F)F)cc1C. The predicted molar refractivity (Wildman–Crippen MR) is 125 cm³/mol. The van der Waals surface area contributed by atoms with E-state index in [0.717, 1.165) is 12.1 Å². The third-order valence-electron chi connectivity index (χ3n) is 4.93. The summed E-state index contributed by atoms with van der Waals surface area (Å²) in [6, 6.07) is 6.53. The second-order valence-corrected chi connectivity index (χ2v) is 9.75. The first-order chi connectivity index (χ1) is 16.0. The molecule has 0 spiro atoms. The van der Waals surface area contributed by atoms with E-state index in [2.05, 4.69) is 10.6 Å². The molecule has 0 aliphatic heterocycles. The minimum atomic E-state index is -5.54. The molecule has 35 heavy (non-hydrogen) atoms. The lowest BCUT2D eigenvalue weighted by molar-refractivity contribution is -0.253. The van der Waals surface area contributed by atoms with Crippen LogP contribution in [0.1, 0.15) is 51.6 Å².